The van der Waals surface area contributed by atoms with Crippen molar-refractivity contribution < 1.29 is 9.21 Å². The van der Waals surface area contributed by atoms with Crippen molar-refractivity contribution in [1.29, 1.82) is 0 Å². The summed E-state index contributed by atoms with van der Waals surface area (Å²) in [5, 5.41) is 3.23. The van der Waals surface area contributed by atoms with E-state index in [9.17, 15) is 4.79 Å². The molecule has 0 amide bonds. The fourth-order valence-electron chi connectivity index (χ4n) is 1.84. The Labute approximate surface area is 111 Å². The fourth-order valence-corrected chi connectivity index (χ4v) is 1.84. The van der Waals surface area contributed by atoms with E-state index >= 15 is 0 Å². The van der Waals surface area contributed by atoms with E-state index in [0.717, 1.165) is 11.4 Å². The van der Waals surface area contributed by atoms with E-state index in [1.807, 2.05) is 19.9 Å². The van der Waals surface area contributed by atoms with Gasteiger partial charge in [-0.25, -0.2) is 4.98 Å². The van der Waals surface area contributed by atoms with Crippen LogP contribution < -0.4 is 11.1 Å². The number of nitrogen functional groups attached to an aromatic ring is 1. The molecule has 0 saturated carbocycles. The summed E-state index contributed by atoms with van der Waals surface area (Å²) in [6.07, 6.45) is 1.68. The number of nitrogens with one attached hydrogen (secondary N) is 1. The second kappa shape index (κ2) is 5.14. The van der Waals surface area contributed by atoms with Gasteiger partial charge in [-0.3, -0.25) is 4.79 Å². The average molecular weight is 259 g/mol. The molecule has 0 aliphatic heterocycles. The highest BCUT2D eigenvalue weighted by Crippen LogP contribution is 2.23. The molecule has 0 spiro atoms. The second-order valence-electron chi connectivity index (χ2n) is 4.53. The van der Waals surface area contributed by atoms with Crippen molar-refractivity contribution in [3.05, 3.63) is 41.6 Å². The zero-order valence-corrected chi connectivity index (χ0v) is 11.2. The Morgan fingerprint density at radius 1 is 1.47 bits per heavy atom. The normalized spacial score (nSPS) is 12.2. The molecule has 0 saturated heterocycles. The van der Waals surface area contributed by atoms with Crippen LogP contribution in [0.15, 0.2) is 28.8 Å². The maximum atomic E-state index is 11.4. The van der Waals surface area contributed by atoms with Crippen molar-refractivity contribution in [2.45, 2.75) is 26.8 Å². The first-order chi connectivity index (χ1) is 8.97. The molecule has 5 nitrogen and oxygen atoms in total. The molecule has 1 aromatic heterocycles. The lowest BCUT2D eigenvalue weighted by Crippen LogP contribution is -2.08. The molecule has 100 valence electrons. The summed E-state index contributed by atoms with van der Waals surface area (Å²) in [7, 11) is 0. The van der Waals surface area contributed by atoms with Crippen molar-refractivity contribution in [2.75, 3.05) is 11.1 Å². The summed E-state index contributed by atoms with van der Waals surface area (Å²) < 4.78 is 5.45. The van der Waals surface area contributed by atoms with Crippen LogP contribution in [-0.4, -0.2) is 10.8 Å². The number of aryl methyl sites for hydroxylation is 1. The Balaban J connectivity index is 2.19. The van der Waals surface area contributed by atoms with Crippen molar-refractivity contribution >= 4 is 17.2 Å². The van der Waals surface area contributed by atoms with Gasteiger partial charge in [0.05, 0.1) is 6.20 Å². The van der Waals surface area contributed by atoms with Gasteiger partial charge in [0.1, 0.15) is 11.8 Å². The third-order valence-corrected chi connectivity index (χ3v) is 2.83. The fraction of sp³-hybridized carbons (Fsp3) is 0.286. The molecule has 0 aliphatic carbocycles. The largest absolute Gasteiger partial charge is 0.444 e. The quantitative estimate of drug-likeness (QED) is 0.651. The maximum absolute atomic E-state index is 11.4. The van der Waals surface area contributed by atoms with Gasteiger partial charge in [-0.2, -0.15) is 0 Å². The highest BCUT2D eigenvalue weighted by Gasteiger charge is 2.12. The third-order valence-electron chi connectivity index (χ3n) is 2.83. The number of Topliss-reactive ketones (excluding diaryl/α,β-unsaturated/α-hetero) is 1. The van der Waals surface area contributed by atoms with Crippen molar-refractivity contribution in [1.82, 2.24) is 4.98 Å². The van der Waals surface area contributed by atoms with E-state index in [1.54, 1.807) is 18.3 Å². The van der Waals surface area contributed by atoms with Gasteiger partial charge in [-0.1, -0.05) is 0 Å². The molecule has 1 heterocycles. The van der Waals surface area contributed by atoms with Crippen LogP contribution in [0.3, 0.4) is 0 Å². The summed E-state index contributed by atoms with van der Waals surface area (Å²) in [4.78, 5) is 15.6. The number of hydrogen-bond acceptors (Lipinski definition) is 5. The lowest BCUT2D eigenvalue weighted by atomic mass is 10.1. The zero-order chi connectivity index (χ0) is 14.0. The van der Waals surface area contributed by atoms with Crippen LogP contribution in [-0.2, 0) is 0 Å². The van der Waals surface area contributed by atoms with E-state index in [2.05, 4.69) is 10.3 Å². The minimum Gasteiger partial charge on any atom is -0.444 e. The lowest BCUT2D eigenvalue weighted by Gasteiger charge is -2.13. The van der Waals surface area contributed by atoms with Gasteiger partial charge in [0.15, 0.2) is 5.78 Å². The second-order valence-corrected chi connectivity index (χ2v) is 4.53. The van der Waals surface area contributed by atoms with Gasteiger partial charge in [0, 0.05) is 16.9 Å². The first-order valence-electron chi connectivity index (χ1n) is 6.06. The Kier molecular flexibility index (Phi) is 3.55. The molecule has 5 heteroatoms. The highest BCUT2D eigenvalue weighted by atomic mass is 16.4. The van der Waals surface area contributed by atoms with Gasteiger partial charge in [0.2, 0.25) is 5.89 Å². The minimum atomic E-state index is -0.0860. The number of hydrogen-bond donors (Lipinski definition) is 2. The van der Waals surface area contributed by atoms with E-state index in [0.29, 0.717) is 17.1 Å². The number of nitrogens with two attached hydrogens (primary N) is 1. The molecule has 2 aromatic rings. The molecule has 0 radical (unpaired) electrons. The number of anilines is 2. The number of nitrogens with zero attached hydrogens (tertiary/aromatic N) is 1. The monoisotopic (exact) mass is 259 g/mol. The molecule has 0 aliphatic rings. The SMILES string of the molecule is CC(=O)c1cc(NC(C)c2ncc(C)o2)ccc1N. The molecule has 19 heavy (non-hydrogen) atoms. The Hall–Kier alpha value is -2.30. The molecular formula is C14H17N3O2. The maximum Gasteiger partial charge on any atom is 0.216 e. The van der Waals surface area contributed by atoms with Crippen LogP contribution in [0.5, 0.6) is 0 Å². The average Bonchev–Trinajstić information content (AvgIpc) is 2.78. The number of carbonyl (C=O) groups is 1. The Bertz CT molecular complexity index is 604. The predicted octanol–water partition coefficient (Wildman–Crippen LogP) is 2.94. The Morgan fingerprint density at radius 2 is 2.21 bits per heavy atom. The summed E-state index contributed by atoms with van der Waals surface area (Å²) in [5.41, 5.74) is 7.56. The number of ketones is 1. The number of carbonyl (C=O) groups excluding carboxylic acids is 1. The molecule has 1 aromatic carbocycles. The first-order valence-corrected chi connectivity index (χ1v) is 6.06. The first kappa shape index (κ1) is 13.1. The van der Waals surface area contributed by atoms with Gasteiger partial charge < -0.3 is 15.5 Å². The van der Waals surface area contributed by atoms with Gasteiger partial charge in [-0.15, -0.1) is 0 Å². The topological polar surface area (TPSA) is 81.2 Å². The van der Waals surface area contributed by atoms with Crippen LogP contribution in [0.2, 0.25) is 0 Å². The number of benzene rings is 1. The predicted molar refractivity (Wildman–Crippen MR) is 74.1 cm³/mol. The Morgan fingerprint density at radius 3 is 2.79 bits per heavy atom. The van der Waals surface area contributed by atoms with E-state index in [1.165, 1.54) is 6.92 Å². The third kappa shape index (κ3) is 2.93. The molecule has 1 unspecified atom stereocenters. The summed E-state index contributed by atoms with van der Waals surface area (Å²) in [6, 6.07) is 5.20. The molecule has 2 rings (SSSR count). The van der Waals surface area contributed by atoms with Gasteiger partial charge >= 0.3 is 0 Å². The molecular weight excluding hydrogens is 242 g/mol. The molecule has 0 bridgehead atoms. The van der Waals surface area contributed by atoms with Crippen molar-refractivity contribution in [2.24, 2.45) is 0 Å². The van der Waals surface area contributed by atoms with Crippen LogP contribution in [0.1, 0.15) is 41.9 Å². The summed E-state index contributed by atoms with van der Waals surface area (Å²) in [6.45, 7) is 5.28. The molecule has 3 N–H and O–H groups in total. The van der Waals surface area contributed by atoms with E-state index in [4.69, 9.17) is 10.2 Å². The minimum absolute atomic E-state index is 0.0548. The summed E-state index contributed by atoms with van der Waals surface area (Å²) in [5.74, 6) is 1.32. The lowest BCUT2D eigenvalue weighted by molar-refractivity contribution is 0.101. The summed E-state index contributed by atoms with van der Waals surface area (Å²) >= 11 is 0. The number of oxazole rings is 1. The smallest absolute Gasteiger partial charge is 0.216 e. The number of aromatic nitrogens is 1. The van der Waals surface area contributed by atoms with Gasteiger partial charge in [0.25, 0.3) is 0 Å². The highest BCUT2D eigenvalue weighted by molar-refractivity contribution is 6.00. The zero-order valence-electron chi connectivity index (χ0n) is 11.2. The molecule has 1 atom stereocenters. The van der Waals surface area contributed by atoms with Crippen molar-refractivity contribution in [3.8, 4) is 0 Å². The van der Waals surface area contributed by atoms with E-state index in [-0.39, 0.29) is 11.8 Å². The standard InChI is InChI=1S/C14H17N3O2/c1-8-7-16-14(19-8)9(2)17-11-4-5-13(15)12(6-11)10(3)18/h4-7,9,17H,15H2,1-3H3. The van der Waals surface area contributed by atoms with Crippen molar-refractivity contribution in [3.63, 3.8) is 0 Å². The van der Waals surface area contributed by atoms with Crippen LogP contribution in [0.4, 0.5) is 11.4 Å². The van der Waals surface area contributed by atoms with E-state index < -0.39 is 0 Å². The molecule has 0 fully saturated rings. The number of rotatable bonds is 4. The van der Waals surface area contributed by atoms with Crippen LogP contribution >= 0.6 is 0 Å². The van der Waals surface area contributed by atoms with Crippen LogP contribution in [0, 0.1) is 6.92 Å². The van der Waals surface area contributed by atoms with Gasteiger partial charge in [-0.05, 0) is 39.0 Å². The van der Waals surface area contributed by atoms with Crippen LogP contribution in [0.25, 0.3) is 0 Å².